The van der Waals surface area contributed by atoms with Crippen molar-refractivity contribution < 1.29 is 27.4 Å². The van der Waals surface area contributed by atoms with Gasteiger partial charge in [0.05, 0.1) is 24.7 Å². The number of amides is 1. The number of nitrogens with two attached hydrogens (primary N) is 1. The summed E-state index contributed by atoms with van der Waals surface area (Å²) >= 11 is 5.22. The fourth-order valence-corrected chi connectivity index (χ4v) is 3.62. The molecule has 0 aliphatic carbocycles. The fraction of sp³-hybridized carbons (Fsp3) is 0.364. The molecule has 0 fully saturated rings. The van der Waals surface area contributed by atoms with Crippen molar-refractivity contribution in [2.75, 3.05) is 26.4 Å². The Labute approximate surface area is 199 Å². The lowest BCUT2D eigenvalue weighted by molar-refractivity contribution is 0.0975. The molecule has 2 aromatic rings. The predicted molar refractivity (Wildman–Crippen MR) is 130 cm³/mol. The summed E-state index contributed by atoms with van der Waals surface area (Å²) in [7, 11) is -3.72. The van der Waals surface area contributed by atoms with Crippen molar-refractivity contribution in [2.24, 2.45) is 5.14 Å². The van der Waals surface area contributed by atoms with E-state index in [1.165, 1.54) is 12.1 Å². The van der Waals surface area contributed by atoms with E-state index in [4.69, 9.17) is 31.6 Å². The van der Waals surface area contributed by atoms with Crippen LogP contribution in [0.4, 0.5) is 0 Å². The van der Waals surface area contributed by atoms with E-state index in [0.717, 1.165) is 5.56 Å². The van der Waals surface area contributed by atoms with Crippen LogP contribution in [0.15, 0.2) is 41.3 Å². The maximum Gasteiger partial charge on any atom is 0.257 e. The summed E-state index contributed by atoms with van der Waals surface area (Å²) in [5.41, 5.74) is 1.20. The molecule has 0 atom stereocenters. The summed E-state index contributed by atoms with van der Waals surface area (Å²) in [5.74, 6) is 0.858. The Balaban J connectivity index is 2.01. The normalized spacial score (nSPS) is 10.9. The van der Waals surface area contributed by atoms with E-state index in [-0.39, 0.29) is 10.0 Å². The molecule has 4 N–H and O–H groups in total. The van der Waals surface area contributed by atoms with Crippen LogP contribution in [0.5, 0.6) is 17.2 Å². The van der Waals surface area contributed by atoms with Crippen molar-refractivity contribution in [2.45, 2.75) is 32.1 Å². The van der Waals surface area contributed by atoms with Gasteiger partial charge in [-0.3, -0.25) is 10.1 Å². The number of primary sulfonamides is 1. The molecule has 0 aliphatic heterocycles. The highest BCUT2D eigenvalue weighted by molar-refractivity contribution is 7.89. The fourth-order valence-electron chi connectivity index (χ4n) is 2.91. The van der Waals surface area contributed by atoms with Gasteiger partial charge >= 0.3 is 0 Å². The summed E-state index contributed by atoms with van der Waals surface area (Å²) in [4.78, 5) is 12.8. The maximum atomic E-state index is 12.7. The van der Waals surface area contributed by atoms with Crippen LogP contribution in [-0.2, 0) is 16.4 Å². The van der Waals surface area contributed by atoms with Gasteiger partial charge < -0.3 is 19.5 Å². The van der Waals surface area contributed by atoms with E-state index in [2.05, 4.69) is 10.6 Å². The largest absolute Gasteiger partial charge is 0.490 e. The van der Waals surface area contributed by atoms with Gasteiger partial charge in [-0.1, -0.05) is 12.1 Å². The molecule has 0 bridgehead atoms. The third-order valence-corrected chi connectivity index (χ3v) is 5.53. The predicted octanol–water partition coefficient (Wildman–Crippen LogP) is 2.38. The number of hydrogen-bond donors (Lipinski definition) is 3. The molecular weight excluding hydrogens is 466 g/mol. The molecule has 0 saturated carbocycles. The molecule has 0 radical (unpaired) electrons. The Bertz CT molecular complexity index is 1050. The van der Waals surface area contributed by atoms with Gasteiger partial charge in [0.2, 0.25) is 15.8 Å². The molecule has 0 saturated heterocycles. The Hall–Kier alpha value is -2.89. The molecule has 2 rings (SSSR count). The quantitative estimate of drug-likeness (QED) is 0.405. The molecule has 0 spiro atoms. The van der Waals surface area contributed by atoms with Gasteiger partial charge in [0.15, 0.2) is 16.6 Å². The number of thiocarbonyl (C=S) groups is 1. The van der Waals surface area contributed by atoms with Crippen molar-refractivity contribution >= 4 is 33.3 Å². The third-order valence-electron chi connectivity index (χ3n) is 4.35. The van der Waals surface area contributed by atoms with E-state index < -0.39 is 15.9 Å². The molecule has 180 valence electrons. The molecule has 9 nitrogen and oxygen atoms in total. The topological polar surface area (TPSA) is 129 Å². The number of carbonyl (C=O) groups excluding carboxylic acids is 1. The van der Waals surface area contributed by atoms with E-state index >= 15 is 0 Å². The number of carbonyl (C=O) groups is 1. The number of sulfonamides is 1. The second-order valence-electron chi connectivity index (χ2n) is 6.75. The molecular formula is C22H29N3O6S2. The summed E-state index contributed by atoms with van der Waals surface area (Å²) in [6.07, 6.45) is 0.562. The Morgan fingerprint density at radius 1 is 0.970 bits per heavy atom. The number of hydrogen-bond acceptors (Lipinski definition) is 7. The standard InChI is InChI=1S/C22H29N3O6S2/c1-4-29-18-13-16(14-19(30-5-2)20(18)31-6-3)21(26)25-22(32)24-12-11-15-7-9-17(10-8-15)33(23,27)28/h7-10,13-14H,4-6,11-12H2,1-3H3,(H2,23,27,28)(H2,24,25,26,32). The molecule has 0 heterocycles. The van der Waals surface area contributed by atoms with Crippen LogP contribution in [0, 0.1) is 0 Å². The highest BCUT2D eigenvalue weighted by Crippen LogP contribution is 2.39. The smallest absolute Gasteiger partial charge is 0.257 e. The van der Waals surface area contributed by atoms with E-state index in [0.29, 0.717) is 55.6 Å². The second kappa shape index (κ2) is 12.4. The highest BCUT2D eigenvalue weighted by atomic mass is 32.2. The number of nitrogens with one attached hydrogen (secondary N) is 2. The van der Waals surface area contributed by atoms with Gasteiger partial charge in [0, 0.05) is 12.1 Å². The zero-order valence-corrected chi connectivity index (χ0v) is 20.5. The van der Waals surface area contributed by atoms with Crippen LogP contribution in [-0.4, -0.2) is 45.8 Å². The first-order valence-corrected chi connectivity index (χ1v) is 12.4. The zero-order valence-electron chi connectivity index (χ0n) is 18.8. The van der Waals surface area contributed by atoms with Gasteiger partial charge in [-0.25, -0.2) is 13.6 Å². The summed E-state index contributed by atoms with van der Waals surface area (Å²) < 4.78 is 39.6. The molecule has 1 amide bonds. The average molecular weight is 496 g/mol. The van der Waals surface area contributed by atoms with Crippen LogP contribution in [0.25, 0.3) is 0 Å². The minimum Gasteiger partial charge on any atom is -0.490 e. The first kappa shape index (κ1) is 26.4. The van der Waals surface area contributed by atoms with Gasteiger partial charge in [-0.15, -0.1) is 0 Å². The Morgan fingerprint density at radius 2 is 1.52 bits per heavy atom. The molecule has 0 unspecified atom stereocenters. The summed E-state index contributed by atoms with van der Waals surface area (Å²) in [6.45, 7) is 7.18. The van der Waals surface area contributed by atoms with Crippen LogP contribution in [0.3, 0.4) is 0 Å². The summed E-state index contributed by atoms with van der Waals surface area (Å²) in [6, 6.07) is 9.41. The Morgan fingerprint density at radius 3 is 2.00 bits per heavy atom. The van der Waals surface area contributed by atoms with Crippen molar-refractivity contribution in [1.82, 2.24) is 10.6 Å². The van der Waals surface area contributed by atoms with E-state index in [1.54, 1.807) is 24.3 Å². The van der Waals surface area contributed by atoms with Gasteiger partial charge in [0.25, 0.3) is 5.91 Å². The Kier molecular flexibility index (Phi) is 9.89. The lowest BCUT2D eigenvalue weighted by atomic mass is 10.1. The average Bonchev–Trinajstić information content (AvgIpc) is 2.75. The van der Waals surface area contributed by atoms with Crippen molar-refractivity contribution in [3.05, 3.63) is 47.5 Å². The maximum absolute atomic E-state index is 12.7. The lowest BCUT2D eigenvalue weighted by Gasteiger charge is -2.17. The van der Waals surface area contributed by atoms with Crippen molar-refractivity contribution in [3.63, 3.8) is 0 Å². The molecule has 33 heavy (non-hydrogen) atoms. The van der Waals surface area contributed by atoms with Crippen LogP contribution < -0.4 is 30.0 Å². The monoisotopic (exact) mass is 495 g/mol. The van der Waals surface area contributed by atoms with Gasteiger partial charge in [0.1, 0.15) is 0 Å². The minimum atomic E-state index is -3.72. The third kappa shape index (κ3) is 7.88. The first-order valence-electron chi connectivity index (χ1n) is 10.5. The van der Waals surface area contributed by atoms with Gasteiger partial charge in [-0.2, -0.15) is 0 Å². The second-order valence-corrected chi connectivity index (χ2v) is 8.72. The van der Waals surface area contributed by atoms with Crippen LogP contribution in [0.1, 0.15) is 36.7 Å². The zero-order chi connectivity index (χ0) is 24.4. The van der Waals surface area contributed by atoms with E-state index in [9.17, 15) is 13.2 Å². The molecule has 0 aliphatic rings. The molecule has 0 aromatic heterocycles. The lowest BCUT2D eigenvalue weighted by Crippen LogP contribution is -2.40. The van der Waals surface area contributed by atoms with Gasteiger partial charge in [-0.05, 0) is 69.2 Å². The number of rotatable bonds is 11. The van der Waals surface area contributed by atoms with Crippen LogP contribution >= 0.6 is 12.2 Å². The van der Waals surface area contributed by atoms with Crippen molar-refractivity contribution in [1.29, 1.82) is 0 Å². The molecule has 11 heteroatoms. The number of benzene rings is 2. The van der Waals surface area contributed by atoms with Crippen LogP contribution in [0.2, 0.25) is 0 Å². The number of ether oxygens (including phenoxy) is 3. The minimum absolute atomic E-state index is 0.0511. The van der Waals surface area contributed by atoms with E-state index in [1.807, 2.05) is 20.8 Å². The van der Waals surface area contributed by atoms with Crippen molar-refractivity contribution in [3.8, 4) is 17.2 Å². The first-order chi connectivity index (χ1) is 15.7. The summed E-state index contributed by atoms with van der Waals surface area (Å²) in [5, 5.41) is 10.8. The highest BCUT2D eigenvalue weighted by Gasteiger charge is 2.19. The molecule has 2 aromatic carbocycles. The SMILES string of the molecule is CCOc1cc(C(=O)NC(=S)NCCc2ccc(S(N)(=O)=O)cc2)cc(OCC)c1OCC.